The molecule has 2 aromatic carbocycles. The van der Waals surface area contributed by atoms with Crippen LogP contribution in [0.1, 0.15) is 17.2 Å². The van der Waals surface area contributed by atoms with Crippen molar-refractivity contribution in [3.8, 4) is 17.2 Å². The van der Waals surface area contributed by atoms with Crippen LogP contribution in [0, 0.1) is 5.82 Å². The Balaban J connectivity index is 1.95. The van der Waals surface area contributed by atoms with Crippen LogP contribution in [0.3, 0.4) is 0 Å². The highest BCUT2D eigenvalue weighted by Crippen LogP contribution is 2.36. The Hall–Kier alpha value is -2.35. The predicted octanol–water partition coefficient (Wildman–Crippen LogP) is 2.79. The SMILES string of the molecule is COc1ccc(F)c(CN2CCO[C@H](CO)[C@H]2c2ccc(OC)c(OC)c2)c1. The summed E-state index contributed by atoms with van der Waals surface area (Å²) in [5.74, 6) is 1.52. The highest BCUT2D eigenvalue weighted by Gasteiger charge is 2.34. The van der Waals surface area contributed by atoms with E-state index in [1.165, 1.54) is 6.07 Å². The molecule has 0 unspecified atom stereocenters. The van der Waals surface area contributed by atoms with Crippen LogP contribution in [0.25, 0.3) is 0 Å². The highest BCUT2D eigenvalue weighted by atomic mass is 19.1. The maximum Gasteiger partial charge on any atom is 0.161 e. The molecule has 2 aromatic rings. The molecule has 152 valence electrons. The Bertz CT molecular complexity index is 800. The lowest BCUT2D eigenvalue weighted by molar-refractivity contribution is -0.0963. The number of benzene rings is 2. The van der Waals surface area contributed by atoms with Gasteiger partial charge in [0.15, 0.2) is 11.5 Å². The zero-order valence-corrected chi connectivity index (χ0v) is 16.4. The second-order valence-electron chi connectivity index (χ2n) is 6.58. The quantitative estimate of drug-likeness (QED) is 0.783. The molecule has 7 heteroatoms. The molecule has 0 radical (unpaired) electrons. The van der Waals surface area contributed by atoms with Crippen LogP contribution >= 0.6 is 0 Å². The lowest BCUT2D eigenvalue weighted by Gasteiger charge is -2.41. The van der Waals surface area contributed by atoms with E-state index in [1.807, 2.05) is 18.2 Å². The van der Waals surface area contributed by atoms with E-state index in [0.29, 0.717) is 42.5 Å². The van der Waals surface area contributed by atoms with Crippen molar-refractivity contribution in [3.63, 3.8) is 0 Å². The molecule has 1 aliphatic heterocycles. The van der Waals surface area contributed by atoms with Gasteiger partial charge in [0, 0.05) is 18.7 Å². The molecule has 6 nitrogen and oxygen atoms in total. The molecule has 0 bridgehead atoms. The smallest absolute Gasteiger partial charge is 0.161 e. The Morgan fingerprint density at radius 3 is 2.54 bits per heavy atom. The minimum atomic E-state index is -0.430. The van der Waals surface area contributed by atoms with Gasteiger partial charge < -0.3 is 24.1 Å². The molecule has 1 fully saturated rings. The van der Waals surface area contributed by atoms with Gasteiger partial charge in [-0.2, -0.15) is 0 Å². The number of aliphatic hydroxyl groups excluding tert-OH is 1. The van der Waals surface area contributed by atoms with Gasteiger partial charge in [-0.25, -0.2) is 4.39 Å². The molecule has 0 amide bonds. The number of nitrogens with zero attached hydrogens (tertiary/aromatic N) is 1. The van der Waals surface area contributed by atoms with Crippen molar-refractivity contribution in [2.45, 2.75) is 18.7 Å². The number of aliphatic hydroxyl groups is 1. The highest BCUT2D eigenvalue weighted by molar-refractivity contribution is 5.44. The summed E-state index contributed by atoms with van der Waals surface area (Å²) in [5.41, 5.74) is 1.43. The van der Waals surface area contributed by atoms with Crippen molar-refractivity contribution in [2.24, 2.45) is 0 Å². The summed E-state index contributed by atoms with van der Waals surface area (Å²) in [5, 5.41) is 9.87. The zero-order chi connectivity index (χ0) is 20.1. The fourth-order valence-corrected chi connectivity index (χ4v) is 3.60. The van der Waals surface area contributed by atoms with Crippen LogP contribution in [-0.2, 0) is 11.3 Å². The summed E-state index contributed by atoms with van der Waals surface area (Å²) in [6.45, 7) is 1.28. The number of hydrogen-bond donors (Lipinski definition) is 1. The first kappa shape index (κ1) is 20.4. The van der Waals surface area contributed by atoms with Crippen LogP contribution < -0.4 is 14.2 Å². The summed E-state index contributed by atoms with van der Waals surface area (Å²) in [6, 6.07) is 10.0. The van der Waals surface area contributed by atoms with Crippen molar-refractivity contribution in [1.82, 2.24) is 4.90 Å². The fourth-order valence-electron chi connectivity index (χ4n) is 3.60. The fraction of sp³-hybridized carbons (Fsp3) is 0.429. The first-order valence-corrected chi connectivity index (χ1v) is 9.12. The molecule has 3 rings (SSSR count). The number of halogens is 1. The maximum atomic E-state index is 14.4. The van der Waals surface area contributed by atoms with Crippen LogP contribution in [0.15, 0.2) is 36.4 Å². The first-order chi connectivity index (χ1) is 13.6. The lowest BCUT2D eigenvalue weighted by Crippen LogP contribution is -2.46. The largest absolute Gasteiger partial charge is 0.497 e. The molecule has 2 atom stereocenters. The van der Waals surface area contributed by atoms with Gasteiger partial charge in [0.2, 0.25) is 0 Å². The first-order valence-electron chi connectivity index (χ1n) is 9.12. The Labute approximate surface area is 164 Å². The number of rotatable bonds is 7. The van der Waals surface area contributed by atoms with Crippen LogP contribution in [-0.4, -0.2) is 57.2 Å². The van der Waals surface area contributed by atoms with Crippen molar-refractivity contribution in [1.29, 1.82) is 0 Å². The molecular weight excluding hydrogens is 365 g/mol. The van der Waals surface area contributed by atoms with Gasteiger partial charge in [-0.15, -0.1) is 0 Å². The number of hydrogen-bond acceptors (Lipinski definition) is 6. The van der Waals surface area contributed by atoms with E-state index in [-0.39, 0.29) is 18.5 Å². The standard InChI is InChI=1S/C21H26FNO5/c1-25-16-5-6-17(22)15(10-16)12-23-8-9-28-20(13-24)21(23)14-4-7-18(26-2)19(11-14)27-3/h4-7,10-11,20-21,24H,8-9,12-13H2,1-3H3/t20-,21-/m1/s1. The van der Waals surface area contributed by atoms with Crippen LogP contribution in [0.2, 0.25) is 0 Å². The van der Waals surface area contributed by atoms with Crippen molar-refractivity contribution >= 4 is 0 Å². The Morgan fingerprint density at radius 2 is 1.86 bits per heavy atom. The molecular formula is C21H26FNO5. The molecule has 1 heterocycles. The van der Waals surface area contributed by atoms with Gasteiger partial charge in [0.1, 0.15) is 17.7 Å². The van der Waals surface area contributed by atoms with E-state index < -0.39 is 6.10 Å². The van der Waals surface area contributed by atoms with E-state index in [2.05, 4.69) is 4.90 Å². The third kappa shape index (κ3) is 4.22. The van der Waals surface area contributed by atoms with E-state index in [1.54, 1.807) is 33.5 Å². The summed E-state index contributed by atoms with van der Waals surface area (Å²) in [6.07, 6.45) is -0.430. The van der Waals surface area contributed by atoms with E-state index in [4.69, 9.17) is 18.9 Å². The normalized spacial score (nSPS) is 20.0. The number of morpholine rings is 1. The van der Waals surface area contributed by atoms with E-state index in [9.17, 15) is 9.50 Å². The summed E-state index contributed by atoms with van der Waals surface area (Å²) < 4.78 is 36.1. The number of ether oxygens (including phenoxy) is 4. The summed E-state index contributed by atoms with van der Waals surface area (Å²) >= 11 is 0. The molecule has 28 heavy (non-hydrogen) atoms. The minimum Gasteiger partial charge on any atom is -0.497 e. The lowest BCUT2D eigenvalue weighted by atomic mass is 9.97. The molecule has 1 saturated heterocycles. The van der Waals surface area contributed by atoms with E-state index >= 15 is 0 Å². The van der Waals surface area contributed by atoms with Crippen molar-refractivity contribution < 1.29 is 28.4 Å². The van der Waals surface area contributed by atoms with Crippen LogP contribution in [0.4, 0.5) is 4.39 Å². The van der Waals surface area contributed by atoms with Gasteiger partial charge in [0.05, 0.1) is 40.6 Å². The van der Waals surface area contributed by atoms with Crippen molar-refractivity contribution in [2.75, 3.05) is 41.1 Å². The molecule has 1 N–H and O–H groups in total. The minimum absolute atomic E-state index is 0.143. The second-order valence-corrected chi connectivity index (χ2v) is 6.58. The van der Waals surface area contributed by atoms with E-state index in [0.717, 1.165) is 5.56 Å². The molecule has 0 aromatic heterocycles. The molecule has 0 aliphatic carbocycles. The molecule has 1 aliphatic rings. The predicted molar refractivity (Wildman–Crippen MR) is 102 cm³/mol. The van der Waals surface area contributed by atoms with Gasteiger partial charge in [-0.1, -0.05) is 6.07 Å². The third-order valence-electron chi connectivity index (χ3n) is 5.01. The average molecular weight is 391 g/mol. The monoisotopic (exact) mass is 391 g/mol. The van der Waals surface area contributed by atoms with Gasteiger partial charge in [0.25, 0.3) is 0 Å². The topological polar surface area (TPSA) is 60.4 Å². The Kier molecular flexibility index (Phi) is 6.72. The second kappa shape index (κ2) is 9.23. The van der Waals surface area contributed by atoms with Crippen molar-refractivity contribution in [3.05, 3.63) is 53.3 Å². The van der Waals surface area contributed by atoms with Crippen LogP contribution in [0.5, 0.6) is 17.2 Å². The molecule has 0 spiro atoms. The van der Waals surface area contributed by atoms with Gasteiger partial charge in [-0.05, 0) is 35.9 Å². The summed E-state index contributed by atoms with van der Waals surface area (Å²) in [4.78, 5) is 2.10. The zero-order valence-electron chi connectivity index (χ0n) is 16.4. The van der Waals surface area contributed by atoms with Gasteiger partial charge in [-0.3, -0.25) is 4.90 Å². The Morgan fingerprint density at radius 1 is 1.07 bits per heavy atom. The summed E-state index contributed by atoms with van der Waals surface area (Å²) in [7, 11) is 4.71. The third-order valence-corrected chi connectivity index (χ3v) is 5.01. The van der Waals surface area contributed by atoms with Gasteiger partial charge >= 0.3 is 0 Å². The molecule has 0 saturated carbocycles. The maximum absolute atomic E-state index is 14.4. The number of methoxy groups -OCH3 is 3. The average Bonchev–Trinajstić information content (AvgIpc) is 2.74.